The van der Waals surface area contributed by atoms with Gasteiger partial charge in [-0.15, -0.1) is 0 Å². The topological polar surface area (TPSA) is 92.4 Å². The number of nitrogens with one attached hydrogen (secondary N) is 1. The van der Waals surface area contributed by atoms with Crippen LogP contribution in [0, 0.1) is 5.41 Å². The van der Waals surface area contributed by atoms with Crippen molar-refractivity contribution in [2.45, 2.75) is 27.2 Å². The van der Waals surface area contributed by atoms with Crippen LogP contribution in [0.3, 0.4) is 0 Å². The van der Waals surface area contributed by atoms with Crippen molar-refractivity contribution in [1.82, 2.24) is 5.32 Å². The summed E-state index contributed by atoms with van der Waals surface area (Å²) in [7, 11) is 0. The molecule has 0 aliphatic carbocycles. The van der Waals surface area contributed by atoms with Gasteiger partial charge in [-0.3, -0.25) is 4.79 Å². The highest BCUT2D eigenvalue weighted by Crippen LogP contribution is 2.11. The van der Waals surface area contributed by atoms with Crippen LogP contribution in [-0.4, -0.2) is 30.1 Å². The highest BCUT2D eigenvalue weighted by Gasteiger charge is 2.23. The third kappa shape index (κ3) is 4.93. The number of carboxylic acids is 1. The van der Waals surface area contributed by atoms with Gasteiger partial charge in [0.15, 0.2) is 0 Å². The Labute approximate surface area is 95.7 Å². The van der Waals surface area contributed by atoms with Gasteiger partial charge in [0, 0.05) is 18.7 Å². The number of aliphatic carboxylic acids is 1. The van der Waals surface area contributed by atoms with Crippen molar-refractivity contribution in [2.75, 3.05) is 13.1 Å². The molecule has 92 valence electrons. The first-order chi connectivity index (χ1) is 7.31. The van der Waals surface area contributed by atoms with Gasteiger partial charge in [0.25, 0.3) is 0 Å². The zero-order chi connectivity index (χ0) is 12.8. The summed E-state index contributed by atoms with van der Waals surface area (Å²) in [5, 5.41) is 11.7. The van der Waals surface area contributed by atoms with E-state index in [1.165, 1.54) is 0 Å². The van der Waals surface area contributed by atoms with Crippen LogP contribution in [0.1, 0.15) is 27.2 Å². The fourth-order valence-electron chi connectivity index (χ4n) is 1.05. The van der Waals surface area contributed by atoms with Gasteiger partial charge in [0.1, 0.15) is 0 Å². The summed E-state index contributed by atoms with van der Waals surface area (Å²) in [5.41, 5.74) is 4.94. The van der Waals surface area contributed by atoms with Crippen LogP contribution in [0.15, 0.2) is 11.6 Å². The molecule has 0 rings (SSSR count). The van der Waals surface area contributed by atoms with Gasteiger partial charge < -0.3 is 16.2 Å². The van der Waals surface area contributed by atoms with E-state index in [9.17, 15) is 9.59 Å². The minimum atomic E-state index is -0.904. The van der Waals surface area contributed by atoms with Crippen LogP contribution >= 0.6 is 0 Å². The number of carbonyl (C=O) groups is 2. The molecule has 0 heterocycles. The molecule has 4 N–H and O–H groups in total. The van der Waals surface area contributed by atoms with Crippen molar-refractivity contribution < 1.29 is 14.7 Å². The highest BCUT2D eigenvalue weighted by molar-refractivity contribution is 5.86. The van der Waals surface area contributed by atoms with E-state index in [1.54, 1.807) is 26.8 Å². The summed E-state index contributed by atoms with van der Waals surface area (Å²) >= 11 is 0. The molecule has 0 aliphatic heterocycles. The third-order valence-electron chi connectivity index (χ3n) is 2.38. The monoisotopic (exact) mass is 228 g/mol. The number of rotatable bonds is 7. The molecule has 0 radical (unpaired) electrons. The van der Waals surface area contributed by atoms with Crippen LogP contribution in [0.25, 0.3) is 0 Å². The smallest absolute Gasteiger partial charge is 0.331 e. The lowest BCUT2D eigenvalue weighted by Crippen LogP contribution is -2.40. The first-order valence-electron chi connectivity index (χ1n) is 5.24. The summed E-state index contributed by atoms with van der Waals surface area (Å²) in [6.07, 6.45) is 2.09. The molecule has 0 saturated carbocycles. The maximum Gasteiger partial charge on any atom is 0.331 e. The van der Waals surface area contributed by atoms with Crippen molar-refractivity contribution >= 4 is 11.9 Å². The van der Waals surface area contributed by atoms with E-state index in [2.05, 4.69) is 5.32 Å². The second kappa shape index (κ2) is 6.27. The molecule has 0 aromatic rings. The van der Waals surface area contributed by atoms with Gasteiger partial charge in [-0.25, -0.2) is 4.79 Å². The van der Waals surface area contributed by atoms with E-state index < -0.39 is 11.4 Å². The number of nitrogens with two attached hydrogens (primary N) is 1. The second-order valence-electron chi connectivity index (χ2n) is 4.27. The summed E-state index contributed by atoms with van der Waals surface area (Å²) in [6, 6.07) is 0. The molecule has 5 heteroatoms. The Morgan fingerprint density at radius 1 is 1.44 bits per heavy atom. The number of hydrogen-bond acceptors (Lipinski definition) is 3. The van der Waals surface area contributed by atoms with Crippen LogP contribution < -0.4 is 11.1 Å². The molecule has 0 spiro atoms. The van der Waals surface area contributed by atoms with E-state index in [4.69, 9.17) is 10.8 Å². The predicted octanol–water partition coefficient (Wildman–Crippen LogP) is 0.509. The number of carboxylic acid groups (broad SMARTS) is 1. The van der Waals surface area contributed by atoms with Crippen molar-refractivity contribution in [3.63, 3.8) is 0 Å². The van der Waals surface area contributed by atoms with Crippen molar-refractivity contribution in [3.8, 4) is 0 Å². The normalized spacial score (nSPS) is 12.6. The molecule has 5 nitrogen and oxygen atoms in total. The van der Waals surface area contributed by atoms with E-state index in [0.717, 1.165) is 0 Å². The predicted molar refractivity (Wildman–Crippen MR) is 61.9 cm³/mol. The van der Waals surface area contributed by atoms with Gasteiger partial charge in [0.05, 0.1) is 5.41 Å². The lowest BCUT2D eigenvalue weighted by Gasteiger charge is -2.20. The van der Waals surface area contributed by atoms with Crippen LogP contribution in [0.4, 0.5) is 0 Å². The maximum atomic E-state index is 11.0. The zero-order valence-electron chi connectivity index (χ0n) is 10.0. The highest BCUT2D eigenvalue weighted by atomic mass is 16.4. The molecule has 0 fully saturated rings. The Kier molecular flexibility index (Phi) is 5.74. The fraction of sp³-hybridized carbons (Fsp3) is 0.636. The Morgan fingerprint density at radius 3 is 2.38 bits per heavy atom. The number of carbonyl (C=O) groups excluding carboxylic acids is 1. The van der Waals surface area contributed by atoms with E-state index in [-0.39, 0.29) is 5.91 Å². The number of amides is 1. The summed E-state index contributed by atoms with van der Waals surface area (Å²) < 4.78 is 0. The molecule has 0 saturated heterocycles. The Balaban J connectivity index is 4.09. The first kappa shape index (κ1) is 14.6. The Hall–Kier alpha value is -1.36. The van der Waals surface area contributed by atoms with Crippen molar-refractivity contribution in [3.05, 3.63) is 11.6 Å². The second-order valence-corrected chi connectivity index (χ2v) is 4.27. The van der Waals surface area contributed by atoms with E-state index in [1.807, 2.05) is 0 Å². The quantitative estimate of drug-likeness (QED) is 0.437. The molecular formula is C11H20N2O3. The lowest BCUT2D eigenvalue weighted by atomic mass is 9.93. The van der Waals surface area contributed by atoms with E-state index in [0.29, 0.717) is 25.1 Å². The average molecular weight is 228 g/mol. The molecular weight excluding hydrogens is 208 g/mol. The fourth-order valence-corrected chi connectivity index (χ4v) is 1.05. The molecule has 0 bridgehead atoms. The minimum Gasteiger partial charge on any atom is -0.478 e. The van der Waals surface area contributed by atoms with Crippen LogP contribution in [-0.2, 0) is 9.59 Å². The lowest BCUT2D eigenvalue weighted by molar-refractivity contribution is -0.132. The Bertz CT molecular complexity index is 296. The van der Waals surface area contributed by atoms with Crippen LogP contribution in [0.2, 0.25) is 0 Å². The van der Waals surface area contributed by atoms with Gasteiger partial charge >= 0.3 is 5.97 Å². The van der Waals surface area contributed by atoms with Crippen molar-refractivity contribution in [2.24, 2.45) is 11.1 Å². The van der Waals surface area contributed by atoms with Gasteiger partial charge in [-0.2, -0.15) is 0 Å². The van der Waals surface area contributed by atoms with Gasteiger partial charge in [-0.05, 0) is 20.3 Å². The minimum absolute atomic E-state index is 0.365. The largest absolute Gasteiger partial charge is 0.478 e. The first-order valence-corrected chi connectivity index (χ1v) is 5.24. The molecule has 0 unspecified atom stereocenters. The Morgan fingerprint density at radius 2 is 2.00 bits per heavy atom. The third-order valence-corrected chi connectivity index (χ3v) is 2.38. The molecule has 0 atom stereocenters. The van der Waals surface area contributed by atoms with Crippen LogP contribution in [0.5, 0.6) is 0 Å². The molecule has 0 aromatic carbocycles. The molecule has 1 amide bonds. The summed E-state index contributed by atoms with van der Waals surface area (Å²) in [6.45, 7) is 6.11. The van der Waals surface area contributed by atoms with Gasteiger partial charge in [0.2, 0.25) is 5.91 Å². The van der Waals surface area contributed by atoms with Gasteiger partial charge in [-0.1, -0.05) is 13.0 Å². The summed E-state index contributed by atoms with van der Waals surface area (Å²) in [5.74, 6) is -1.28. The zero-order valence-corrected chi connectivity index (χ0v) is 10.0. The SMILES string of the molecule is CCC(=CCNCC(C)(C)C(N)=O)C(=O)O. The van der Waals surface area contributed by atoms with E-state index >= 15 is 0 Å². The standard InChI is InChI=1S/C11H20N2O3/c1-4-8(9(14)15)5-6-13-7-11(2,3)10(12)16/h5,13H,4,6-7H2,1-3H3,(H2,12,16)(H,14,15). The molecule has 0 aromatic heterocycles. The van der Waals surface area contributed by atoms with Crippen molar-refractivity contribution in [1.29, 1.82) is 0 Å². The molecule has 16 heavy (non-hydrogen) atoms. The number of primary amides is 1. The number of hydrogen-bond donors (Lipinski definition) is 3. The summed E-state index contributed by atoms with van der Waals surface area (Å²) in [4.78, 5) is 21.6. The molecule has 0 aliphatic rings. The maximum absolute atomic E-state index is 11.0. The average Bonchev–Trinajstić information content (AvgIpc) is 2.16.